The Balaban J connectivity index is 4.05. The minimum atomic E-state index is -4.81. The van der Waals surface area contributed by atoms with E-state index in [1.54, 1.807) is 18.2 Å². The lowest BCUT2D eigenvalue weighted by atomic mass is 10.0. The van der Waals surface area contributed by atoms with Gasteiger partial charge in [0, 0.05) is 12.8 Å². The van der Waals surface area contributed by atoms with Crippen LogP contribution in [0.4, 0.5) is 0 Å². The molecule has 0 aliphatic carbocycles. The van der Waals surface area contributed by atoms with E-state index < -0.39 is 44.7 Å². The molecule has 0 saturated carbocycles. The third kappa shape index (κ3) is 43.5. The van der Waals surface area contributed by atoms with Crippen molar-refractivity contribution in [1.82, 2.24) is 0 Å². The number of rotatable bonds is 41. The van der Waals surface area contributed by atoms with Gasteiger partial charge in [-0.2, -0.15) is 0 Å². The predicted molar refractivity (Wildman–Crippen MR) is 237 cm³/mol. The topological polar surface area (TPSA) is 160 Å². The number of hydrogen-bond donors (Lipinski definition) is 4. The van der Waals surface area contributed by atoms with Gasteiger partial charge in [-0.3, -0.25) is 14.1 Å². The lowest BCUT2D eigenvalue weighted by Crippen LogP contribution is -2.29. The van der Waals surface area contributed by atoms with Gasteiger partial charge >= 0.3 is 19.8 Å². The molecule has 58 heavy (non-hydrogen) atoms. The molecule has 0 aromatic heterocycles. The van der Waals surface area contributed by atoms with Crippen molar-refractivity contribution in [2.45, 2.75) is 219 Å². The number of esters is 2. The van der Waals surface area contributed by atoms with E-state index in [4.69, 9.17) is 19.3 Å². The Morgan fingerprint density at radius 2 is 0.983 bits per heavy atom. The maximum atomic E-state index is 12.5. The lowest BCUT2D eigenvalue weighted by molar-refractivity contribution is -0.161. The van der Waals surface area contributed by atoms with Crippen molar-refractivity contribution in [1.29, 1.82) is 0 Å². The van der Waals surface area contributed by atoms with Gasteiger partial charge < -0.3 is 29.5 Å². The normalized spacial score (nSPS) is 14.1. The second kappa shape index (κ2) is 40.3. The lowest BCUT2D eigenvalue weighted by Gasteiger charge is -2.18. The van der Waals surface area contributed by atoms with Crippen molar-refractivity contribution < 1.29 is 48.2 Å². The highest BCUT2D eigenvalue weighted by molar-refractivity contribution is 7.46. The quantitative estimate of drug-likeness (QED) is 0.0202. The van der Waals surface area contributed by atoms with E-state index >= 15 is 0 Å². The van der Waals surface area contributed by atoms with Crippen LogP contribution in [0.25, 0.3) is 0 Å². The average molecular weight is 841 g/mol. The molecule has 0 amide bonds. The molecule has 0 aliphatic heterocycles. The number of ether oxygens (including phenoxy) is 2. The fourth-order valence-corrected chi connectivity index (χ4v) is 6.84. The summed E-state index contributed by atoms with van der Waals surface area (Å²) in [5.74, 6) is -0.269. The molecule has 0 heterocycles. The summed E-state index contributed by atoms with van der Waals surface area (Å²) in [6, 6.07) is 0. The molecule has 0 aliphatic rings. The predicted octanol–water partition coefficient (Wildman–Crippen LogP) is 12.1. The molecule has 11 heteroatoms. The first-order chi connectivity index (χ1) is 27.9. The Bertz CT molecular complexity index is 1130. The van der Waals surface area contributed by atoms with Gasteiger partial charge in [-0.1, -0.05) is 204 Å². The molecule has 0 aromatic rings. The van der Waals surface area contributed by atoms with Crippen molar-refractivity contribution in [3.63, 3.8) is 0 Å². The molecular weight excluding hydrogens is 755 g/mol. The van der Waals surface area contributed by atoms with Gasteiger partial charge in [0.1, 0.15) is 6.61 Å². The number of phosphoric acid groups is 1. The third-order valence-corrected chi connectivity index (χ3v) is 10.5. The van der Waals surface area contributed by atoms with Crippen LogP contribution in [0, 0.1) is 5.92 Å². The van der Waals surface area contributed by atoms with E-state index in [1.165, 1.54) is 96.3 Å². The zero-order valence-corrected chi connectivity index (χ0v) is 37.7. The van der Waals surface area contributed by atoms with Gasteiger partial charge in [0.05, 0.1) is 18.8 Å². The molecule has 3 atom stereocenters. The van der Waals surface area contributed by atoms with E-state index in [9.17, 15) is 24.4 Å². The molecule has 10 nitrogen and oxygen atoms in total. The Morgan fingerprint density at radius 1 is 0.552 bits per heavy atom. The standard InChI is InChI=1S/C47H85O10P/c1-4-5-27-34-43(48)35-29-24-20-18-21-25-30-36-44(49)37-32-39-46(50)55-40-45(41-56-58(52,53)54)57-47(51)38-31-26-22-17-15-13-11-9-7-6-8-10-12-14-16-19-23-28-33-42(2)3/h20-21,24-25,29-30,35-36,42-45,48-49H,4-19,22-23,26-28,31-34,37-41H2,1-3H3,(H2,52,53,54)/b24-20-,25-21-,35-29+,36-30+/t43-,44-,45+/m0/s1. The molecule has 0 unspecified atom stereocenters. The Morgan fingerprint density at radius 3 is 1.45 bits per heavy atom. The van der Waals surface area contributed by atoms with E-state index in [2.05, 4.69) is 25.3 Å². The monoisotopic (exact) mass is 841 g/mol. The molecule has 0 spiro atoms. The fraction of sp³-hybridized carbons (Fsp3) is 0.787. The smallest absolute Gasteiger partial charge is 0.462 e. The van der Waals surface area contributed by atoms with Gasteiger partial charge in [0.15, 0.2) is 6.10 Å². The number of hydrogen-bond acceptors (Lipinski definition) is 8. The van der Waals surface area contributed by atoms with E-state index in [0.29, 0.717) is 25.7 Å². The number of allylic oxidation sites excluding steroid dienone is 6. The molecule has 0 radical (unpaired) electrons. The molecule has 0 bridgehead atoms. The zero-order valence-electron chi connectivity index (χ0n) is 36.8. The van der Waals surface area contributed by atoms with Gasteiger partial charge in [0.2, 0.25) is 0 Å². The number of carbonyl (C=O) groups is 2. The van der Waals surface area contributed by atoms with E-state index in [-0.39, 0.29) is 19.4 Å². The van der Waals surface area contributed by atoms with Crippen molar-refractivity contribution in [3.05, 3.63) is 48.6 Å². The van der Waals surface area contributed by atoms with Gasteiger partial charge in [-0.15, -0.1) is 0 Å². The van der Waals surface area contributed by atoms with Crippen LogP contribution >= 0.6 is 7.82 Å². The first kappa shape index (κ1) is 55.9. The molecule has 4 N–H and O–H groups in total. The van der Waals surface area contributed by atoms with Gasteiger partial charge in [-0.25, -0.2) is 4.57 Å². The minimum absolute atomic E-state index is 0.0192. The van der Waals surface area contributed by atoms with E-state index in [1.807, 2.05) is 30.4 Å². The summed E-state index contributed by atoms with van der Waals surface area (Å²) in [5, 5.41) is 20.1. The van der Waals surface area contributed by atoms with Crippen LogP contribution in [-0.2, 0) is 28.2 Å². The Labute approximate surface area is 353 Å². The van der Waals surface area contributed by atoms with Crippen molar-refractivity contribution >= 4 is 19.8 Å². The summed E-state index contributed by atoms with van der Waals surface area (Å²) in [6.45, 7) is 5.76. The number of unbranched alkanes of at least 4 members (excludes halogenated alkanes) is 19. The summed E-state index contributed by atoms with van der Waals surface area (Å²) in [4.78, 5) is 43.0. The molecule has 0 fully saturated rings. The third-order valence-electron chi connectivity index (χ3n) is 9.99. The first-order valence-electron chi connectivity index (χ1n) is 23.0. The average Bonchev–Trinajstić information content (AvgIpc) is 3.17. The number of aliphatic hydroxyl groups excluding tert-OH is 2. The van der Waals surface area contributed by atoms with Crippen LogP contribution in [0.3, 0.4) is 0 Å². The second-order valence-corrected chi connectivity index (χ2v) is 17.5. The second-order valence-electron chi connectivity index (χ2n) is 16.3. The molecular formula is C47H85O10P. The minimum Gasteiger partial charge on any atom is -0.462 e. The maximum absolute atomic E-state index is 12.5. The zero-order chi connectivity index (χ0) is 43.0. The Kier molecular flexibility index (Phi) is 38.9. The summed E-state index contributed by atoms with van der Waals surface area (Å²) in [7, 11) is -4.81. The van der Waals surface area contributed by atoms with Crippen molar-refractivity contribution in [2.75, 3.05) is 13.2 Å². The Hall–Kier alpha value is -2.07. The highest BCUT2D eigenvalue weighted by Crippen LogP contribution is 2.36. The highest BCUT2D eigenvalue weighted by Gasteiger charge is 2.23. The van der Waals surface area contributed by atoms with E-state index in [0.717, 1.165) is 50.9 Å². The van der Waals surface area contributed by atoms with Gasteiger partial charge in [0.25, 0.3) is 0 Å². The van der Waals surface area contributed by atoms with Crippen LogP contribution in [-0.4, -0.2) is 63.5 Å². The molecule has 0 rings (SSSR count). The maximum Gasteiger partial charge on any atom is 0.469 e. The molecule has 0 aromatic carbocycles. The highest BCUT2D eigenvalue weighted by atomic mass is 31.2. The summed E-state index contributed by atoms with van der Waals surface area (Å²) < 4.78 is 26.3. The largest absolute Gasteiger partial charge is 0.469 e. The first-order valence-corrected chi connectivity index (χ1v) is 24.5. The number of carbonyl (C=O) groups excluding carboxylic acids is 2. The SMILES string of the molecule is CCCCC[C@H](O)/C=C/C=C\C/C=C\C=C\[C@H](O)CCCC(=O)OC[C@H](COP(=O)(O)O)OC(=O)CCCCCCCCCCCCCCCCCCCCC(C)C. The van der Waals surface area contributed by atoms with Crippen LogP contribution in [0.15, 0.2) is 48.6 Å². The van der Waals surface area contributed by atoms with Crippen molar-refractivity contribution in [3.8, 4) is 0 Å². The van der Waals surface area contributed by atoms with Crippen LogP contribution in [0.5, 0.6) is 0 Å². The summed E-state index contributed by atoms with van der Waals surface area (Å²) in [6.07, 6.45) is 41.9. The number of phosphoric ester groups is 1. The fourth-order valence-electron chi connectivity index (χ4n) is 6.48. The van der Waals surface area contributed by atoms with Gasteiger partial charge in [-0.05, 0) is 38.0 Å². The van der Waals surface area contributed by atoms with Crippen LogP contribution in [0.2, 0.25) is 0 Å². The van der Waals surface area contributed by atoms with Crippen LogP contribution in [0.1, 0.15) is 201 Å². The van der Waals surface area contributed by atoms with Crippen molar-refractivity contribution in [2.24, 2.45) is 5.92 Å². The summed E-state index contributed by atoms with van der Waals surface area (Å²) in [5.41, 5.74) is 0. The number of aliphatic hydroxyl groups is 2. The van der Waals surface area contributed by atoms with Crippen LogP contribution < -0.4 is 0 Å². The summed E-state index contributed by atoms with van der Waals surface area (Å²) >= 11 is 0. The molecule has 0 saturated heterocycles. The molecule has 338 valence electrons.